The molecule has 120 valence electrons. The summed E-state index contributed by atoms with van der Waals surface area (Å²) in [7, 11) is 0. The van der Waals surface area contributed by atoms with Crippen LogP contribution in [0.5, 0.6) is 5.75 Å². The number of halogens is 2. The molecule has 1 fully saturated rings. The van der Waals surface area contributed by atoms with Crippen LogP contribution in [0.4, 0.5) is 4.39 Å². The van der Waals surface area contributed by atoms with Crippen LogP contribution in [0.1, 0.15) is 28.8 Å². The average Bonchev–Trinajstić information content (AvgIpc) is 3.05. The zero-order valence-electron chi connectivity index (χ0n) is 12.8. The van der Waals surface area contributed by atoms with E-state index in [1.54, 1.807) is 11.8 Å². The van der Waals surface area contributed by atoms with Crippen LogP contribution in [0.3, 0.4) is 0 Å². The molecule has 23 heavy (non-hydrogen) atoms. The molecule has 1 N–H and O–H groups in total. The van der Waals surface area contributed by atoms with Gasteiger partial charge in [0.25, 0.3) is 5.91 Å². The average molecular weight is 334 g/mol. The molecule has 0 radical (unpaired) electrons. The molecule has 0 aromatic heterocycles. The Kier molecular flexibility index (Phi) is 4.26. The minimum atomic E-state index is -0.502. The molecule has 1 aliphatic rings. The van der Waals surface area contributed by atoms with Gasteiger partial charge >= 0.3 is 0 Å². The predicted molar refractivity (Wildman–Crippen MR) is 88.4 cm³/mol. The van der Waals surface area contributed by atoms with Gasteiger partial charge in [-0.2, -0.15) is 0 Å². The third kappa shape index (κ3) is 3.04. The molecule has 0 spiro atoms. The Bertz CT molecular complexity index is 770. The van der Waals surface area contributed by atoms with Crippen molar-refractivity contribution in [3.8, 4) is 16.9 Å². The zero-order valence-corrected chi connectivity index (χ0v) is 13.5. The fourth-order valence-corrected chi connectivity index (χ4v) is 3.01. The van der Waals surface area contributed by atoms with E-state index in [4.69, 9.17) is 11.6 Å². The monoisotopic (exact) mass is 333 g/mol. The van der Waals surface area contributed by atoms with Gasteiger partial charge in [-0.3, -0.25) is 4.79 Å². The maximum absolute atomic E-state index is 14.2. The number of nitrogens with zero attached hydrogens (tertiary/aromatic N) is 1. The Morgan fingerprint density at radius 3 is 2.57 bits per heavy atom. The SMILES string of the molecule is Cc1cc(O)c(-c2cc(C(=O)N3CCCC3)ccc2F)cc1Cl. The van der Waals surface area contributed by atoms with Crippen LogP contribution in [0.2, 0.25) is 5.02 Å². The molecular formula is C18H17ClFNO2. The van der Waals surface area contributed by atoms with E-state index >= 15 is 0 Å². The lowest BCUT2D eigenvalue weighted by atomic mass is 9.99. The smallest absolute Gasteiger partial charge is 0.253 e. The number of phenolic OH excluding ortho intramolecular Hbond substituents is 1. The Balaban J connectivity index is 2.04. The number of benzene rings is 2. The summed E-state index contributed by atoms with van der Waals surface area (Å²) in [4.78, 5) is 14.2. The summed E-state index contributed by atoms with van der Waals surface area (Å²) in [5.74, 6) is -0.670. The predicted octanol–water partition coefficient (Wildman–Crippen LogP) is 4.40. The third-order valence-corrected chi connectivity index (χ3v) is 4.58. The van der Waals surface area contributed by atoms with E-state index in [1.165, 1.54) is 30.3 Å². The number of phenols is 1. The summed E-state index contributed by atoms with van der Waals surface area (Å²) in [5.41, 5.74) is 1.58. The van der Waals surface area contributed by atoms with Crippen molar-refractivity contribution in [2.45, 2.75) is 19.8 Å². The molecule has 1 aliphatic heterocycles. The molecule has 1 saturated heterocycles. The summed E-state index contributed by atoms with van der Waals surface area (Å²) in [6.45, 7) is 3.22. The van der Waals surface area contributed by atoms with Gasteiger partial charge in [0, 0.05) is 34.8 Å². The molecule has 0 bridgehead atoms. The number of likely N-dealkylation sites (tertiary alicyclic amines) is 1. The maximum Gasteiger partial charge on any atom is 0.253 e. The van der Waals surface area contributed by atoms with Crippen molar-refractivity contribution in [1.82, 2.24) is 4.90 Å². The van der Waals surface area contributed by atoms with Crippen molar-refractivity contribution in [3.63, 3.8) is 0 Å². The largest absolute Gasteiger partial charge is 0.507 e. The van der Waals surface area contributed by atoms with Crippen molar-refractivity contribution in [1.29, 1.82) is 0 Å². The Morgan fingerprint density at radius 2 is 1.87 bits per heavy atom. The highest BCUT2D eigenvalue weighted by Gasteiger charge is 2.21. The van der Waals surface area contributed by atoms with Crippen molar-refractivity contribution < 1.29 is 14.3 Å². The summed E-state index contributed by atoms with van der Waals surface area (Å²) in [6, 6.07) is 7.23. The third-order valence-electron chi connectivity index (χ3n) is 4.17. The molecule has 2 aromatic rings. The van der Waals surface area contributed by atoms with E-state index in [9.17, 15) is 14.3 Å². The lowest BCUT2D eigenvalue weighted by Crippen LogP contribution is -2.27. The number of carbonyl (C=O) groups excluding carboxylic acids is 1. The number of aryl methyl sites for hydroxylation is 1. The van der Waals surface area contributed by atoms with E-state index < -0.39 is 5.82 Å². The van der Waals surface area contributed by atoms with Crippen molar-refractivity contribution in [3.05, 3.63) is 52.3 Å². The van der Waals surface area contributed by atoms with Gasteiger partial charge < -0.3 is 10.0 Å². The van der Waals surface area contributed by atoms with Gasteiger partial charge in [0.15, 0.2) is 0 Å². The molecule has 2 aromatic carbocycles. The minimum absolute atomic E-state index is 0.0587. The second-order valence-corrected chi connectivity index (χ2v) is 6.22. The first kappa shape index (κ1) is 15.8. The Morgan fingerprint density at radius 1 is 1.17 bits per heavy atom. The van der Waals surface area contributed by atoms with Crippen LogP contribution in [0.15, 0.2) is 30.3 Å². The van der Waals surface area contributed by atoms with Gasteiger partial charge in [-0.05, 0) is 55.7 Å². The molecule has 3 rings (SSSR count). The van der Waals surface area contributed by atoms with Gasteiger partial charge in [0.1, 0.15) is 11.6 Å². The number of hydrogen-bond acceptors (Lipinski definition) is 2. The lowest BCUT2D eigenvalue weighted by Gasteiger charge is -2.16. The number of carbonyl (C=O) groups is 1. The molecular weight excluding hydrogens is 317 g/mol. The fraction of sp³-hybridized carbons (Fsp3) is 0.278. The molecule has 0 atom stereocenters. The van der Waals surface area contributed by atoms with Crippen molar-refractivity contribution >= 4 is 17.5 Å². The van der Waals surface area contributed by atoms with Crippen LogP contribution in [0, 0.1) is 12.7 Å². The van der Waals surface area contributed by atoms with Gasteiger partial charge in [0.05, 0.1) is 0 Å². The molecule has 1 heterocycles. The van der Waals surface area contributed by atoms with Crippen molar-refractivity contribution in [2.75, 3.05) is 13.1 Å². The van der Waals surface area contributed by atoms with Gasteiger partial charge in [-0.15, -0.1) is 0 Å². The molecule has 1 amide bonds. The summed E-state index contributed by atoms with van der Waals surface area (Å²) in [5, 5.41) is 10.6. The van der Waals surface area contributed by atoms with Crippen LogP contribution in [-0.4, -0.2) is 29.0 Å². The topological polar surface area (TPSA) is 40.5 Å². The number of amides is 1. The van der Waals surface area contributed by atoms with Crippen LogP contribution < -0.4 is 0 Å². The standard InChI is InChI=1S/C18H17ClFNO2/c1-11-8-17(22)14(10-15(11)19)13-9-12(4-5-16(13)20)18(23)21-6-2-3-7-21/h4-5,8-10,22H,2-3,6-7H2,1H3. The first-order valence-electron chi connectivity index (χ1n) is 7.55. The Labute approximate surface area is 139 Å². The van der Waals surface area contributed by atoms with Gasteiger partial charge in [-0.1, -0.05) is 11.6 Å². The second-order valence-electron chi connectivity index (χ2n) is 5.81. The molecule has 3 nitrogen and oxygen atoms in total. The van der Waals surface area contributed by atoms with Gasteiger partial charge in [0.2, 0.25) is 0 Å². The second kappa shape index (κ2) is 6.20. The highest BCUT2D eigenvalue weighted by molar-refractivity contribution is 6.31. The van der Waals surface area contributed by atoms with Crippen LogP contribution >= 0.6 is 11.6 Å². The fourth-order valence-electron chi connectivity index (χ4n) is 2.85. The minimum Gasteiger partial charge on any atom is -0.507 e. The number of hydrogen-bond donors (Lipinski definition) is 1. The normalized spacial score (nSPS) is 14.3. The highest BCUT2D eigenvalue weighted by Crippen LogP contribution is 2.36. The van der Waals surface area contributed by atoms with Crippen LogP contribution in [-0.2, 0) is 0 Å². The van der Waals surface area contributed by atoms with E-state index in [-0.39, 0.29) is 22.8 Å². The summed E-state index contributed by atoms with van der Waals surface area (Å²) >= 11 is 6.09. The highest BCUT2D eigenvalue weighted by atomic mass is 35.5. The maximum atomic E-state index is 14.2. The molecule has 0 aliphatic carbocycles. The summed E-state index contributed by atoms with van der Waals surface area (Å²) in [6.07, 6.45) is 1.99. The van der Waals surface area contributed by atoms with Crippen LogP contribution in [0.25, 0.3) is 11.1 Å². The zero-order chi connectivity index (χ0) is 16.6. The van der Waals surface area contributed by atoms with E-state index in [1.807, 2.05) is 0 Å². The molecule has 0 unspecified atom stereocenters. The van der Waals surface area contributed by atoms with E-state index in [0.717, 1.165) is 25.9 Å². The van der Waals surface area contributed by atoms with Gasteiger partial charge in [-0.25, -0.2) is 4.39 Å². The number of rotatable bonds is 2. The molecule has 5 heteroatoms. The lowest BCUT2D eigenvalue weighted by molar-refractivity contribution is 0.0793. The molecule has 0 saturated carbocycles. The summed E-state index contributed by atoms with van der Waals surface area (Å²) < 4.78 is 14.2. The van der Waals surface area contributed by atoms with E-state index in [2.05, 4.69) is 0 Å². The first-order chi connectivity index (χ1) is 11.0. The quantitative estimate of drug-likeness (QED) is 0.885. The Hall–Kier alpha value is -2.07. The first-order valence-corrected chi connectivity index (χ1v) is 7.93. The van der Waals surface area contributed by atoms with E-state index in [0.29, 0.717) is 16.1 Å². The number of aromatic hydroxyl groups is 1. The van der Waals surface area contributed by atoms with Crippen molar-refractivity contribution in [2.24, 2.45) is 0 Å².